The monoisotopic (exact) mass is 452 g/mol. The number of hydrogen-bond donors (Lipinski definition) is 1. The van der Waals surface area contributed by atoms with Crippen LogP contribution in [0.3, 0.4) is 0 Å². The molecule has 1 aliphatic rings. The highest BCUT2D eigenvalue weighted by Crippen LogP contribution is 2.38. The second kappa shape index (κ2) is 9.44. The van der Waals surface area contributed by atoms with E-state index < -0.39 is 6.04 Å². The van der Waals surface area contributed by atoms with Crippen molar-refractivity contribution in [1.29, 1.82) is 0 Å². The number of carbonyl (C=O) groups is 1. The standard InChI is InChI=1S/C24H25ClN4O3/c1-4-5-13-29-15(2)20(21(26-24(29)30)16-9-11-19(31-3)12-10-16)23-27-22(28-32-23)17-7-6-8-18(25)14-17/h6-12,14,21H,4-5,13H2,1-3H3,(H,26,30). The largest absolute Gasteiger partial charge is 0.497 e. The number of unbranched alkanes of at least 4 members (excludes halogenated alkanes) is 1. The highest BCUT2D eigenvalue weighted by Gasteiger charge is 2.35. The first kappa shape index (κ1) is 21.9. The molecule has 32 heavy (non-hydrogen) atoms. The SMILES string of the molecule is CCCCN1C(=O)NC(c2ccc(OC)cc2)C(c2nc(-c3cccc(Cl)c3)no2)=C1C. The number of allylic oxidation sites excluding steroid dienone is 1. The lowest BCUT2D eigenvalue weighted by Gasteiger charge is -2.35. The maximum Gasteiger partial charge on any atom is 0.322 e. The Morgan fingerprint density at radius 3 is 2.69 bits per heavy atom. The normalized spacial score (nSPS) is 16.3. The number of urea groups is 1. The minimum absolute atomic E-state index is 0.143. The molecule has 2 amide bonds. The van der Waals surface area contributed by atoms with E-state index in [0.29, 0.717) is 23.3 Å². The van der Waals surface area contributed by atoms with Crippen LogP contribution < -0.4 is 10.1 Å². The number of carbonyl (C=O) groups excluding carboxylic acids is 1. The van der Waals surface area contributed by atoms with Crippen LogP contribution in [0.4, 0.5) is 4.79 Å². The molecule has 0 bridgehead atoms. The summed E-state index contributed by atoms with van der Waals surface area (Å²) >= 11 is 6.13. The van der Waals surface area contributed by atoms with Crippen molar-refractivity contribution in [2.45, 2.75) is 32.7 Å². The van der Waals surface area contributed by atoms with E-state index in [-0.39, 0.29) is 6.03 Å². The highest BCUT2D eigenvalue weighted by molar-refractivity contribution is 6.30. The van der Waals surface area contributed by atoms with Gasteiger partial charge in [-0.15, -0.1) is 0 Å². The van der Waals surface area contributed by atoms with Gasteiger partial charge in [0.25, 0.3) is 5.89 Å². The maximum absolute atomic E-state index is 12.9. The van der Waals surface area contributed by atoms with Crippen molar-refractivity contribution in [2.24, 2.45) is 0 Å². The maximum atomic E-state index is 12.9. The van der Waals surface area contributed by atoms with Gasteiger partial charge < -0.3 is 14.6 Å². The van der Waals surface area contributed by atoms with E-state index in [1.807, 2.05) is 43.3 Å². The van der Waals surface area contributed by atoms with Crippen LogP contribution in [-0.2, 0) is 0 Å². The molecule has 0 spiro atoms. The van der Waals surface area contributed by atoms with E-state index >= 15 is 0 Å². The predicted molar refractivity (Wildman–Crippen MR) is 123 cm³/mol. The fraction of sp³-hybridized carbons (Fsp3) is 0.292. The first-order chi connectivity index (χ1) is 15.5. The number of ether oxygens (including phenoxy) is 1. The Kier molecular flexibility index (Phi) is 6.46. The highest BCUT2D eigenvalue weighted by atomic mass is 35.5. The van der Waals surface area contributed by atoms with Crippen LogP contribution in [0.5, 0.6) is 5.75 Å². The molecule has 1 aliphatic heterocycles. The van der Waals surface area contributed by atoms with E-state index in [4.69, 9.17) is 20.9 Å². The second-order valence-corrected chi connectivity index (χ2v) is 8.03. The summed E-state index contributed by atoms with van der Waals surface area (Å²) in [6.07, 6.45) is 1.87. The van der Waals surface area contributed by atoms with Gasteiger partial charge in [-0.05, 0) is 43.2 Å². The third kappa shape index (κ3) is 4.34. The summed E-state index contributed by atoms with van der Waals surface area (Å²) in [5.74, 6) is 1.54. The molecule has 7 nitrogen and oxygen atoms in total. The number of amides is 2. The summed E-state index contributed by atoms with van der Waals surface area (Å²) in [7, 11) is 1.62. The summed E-state index contributed by atoms with van der Waals surface area (Å²) in [6, 6.07) is 14.3. The molecule has 0 radical (unpaired) electrons. The van der Waals surface area contributed by atoms with Gasteiger partial charge in [0.05, 0.1) is 18.7 Å². The number of halogens is 1. The zero-order chi connectivity index (χ0) is 22.7. The summed E-state index contributed by atoms with van der Waals surface area (Å²) in [4.78, 5) is 19.3. The Balaban J connectivity index is 1.79. The lowest BCUT2D eigenvalue weighted by molar-refractivity contribution is 0.204. The molecule has 8 heteroatoms. The molecule has 1 atom stereocenters. The third-order valence-electron chi connectivity index (χ3n) is 5.52. The van der Waals surface area contributed by atoms with Crippen molar-refractivity contribution >= 4 is 23.2 Å². The zero-order valence-electron chi connectivity index (χ0n) is 18.3. The molecule has 0 aliphatic carbocycles. The van der Waals surface area contributed by atoms with Gasteiger partial charge in [0, 0.05) is 22.8 Å². The molecule has 1 aromatic heterocycles. The van der Waals surface area contributed by atoms with Gasteiger partial charge in [0.15, 0.2) is 0 Å². The van der Waals surface area contributed by atoms with Crippen LogP contribution in [0.1, 0.15) is 44.2 Å². The molecular formula is C24H25ClN4O3. The first-order valence-electron chi connectivity index (χ1n) is 10.5. The minimum Gasteiger partial charge on any atom is -0.497 e. The molecule has 1 unspecified atom stereocenters. The quantitative estimate of drug-likeness (QED) is 0.497. The fourth-order valence-electron chi connectivity index (χ4n) is 3.77. The van der Waals surface area contributed by atoms with Crippen molar-refractivity contribution in [2.75, 3.05) is 13.7 Å². The van der Waals surface area contributed by atoms with Crippen molar-refractivity contribution in [3.63, 3.8) is 0 Å². The van der Waals surface area contributed by atoms with Crippen molar-refractivity contribution < 1.29 is 14.1 Å². The van der Waals surface area contributed by atoms with Gasteiger partial charge in [-0.25, -0.2) is 4.79 Å². The Morgan fingerprint density at radius 1 is 1.22 bits per heavy atom. The van der Waals surface area contributed by atoms with E-state index in [1.165, 1.54) is 0 Å². The van der Waals surface area contributed by atoms with Crippen molar-refractivity contribution in [1.82, 2.24) is 20.4 Å². The molecule has 1 N–H and O–H groups in total. The van der Waals surface area contributed by atoms with Gasteiger partial charge in [0.2, 0.25) is 5.82 Å². The Bertz CT molecular complexity index is 1140. The van der Waals surface area contributed by atoms with E-state index in [1.54, 1.807) is 24.1 Å². The average Bonchev–Trinajstić information content (AvgIpc) is 3.28. The smallest absolute Gasteiger partial charge is 0.322 e. The van der Waals surface area contributed by atoms with Crippen LogP contribution in [0.2, 0.25) is 5.02 Å². The number of rotatable bonds is 7. The second-order valence-electron chi connectivity index (χ2n) is 7.59. The zero-order valence-corrected chi connectivity index (χ0v) is 19.0. The topological polar surface area (TPSA) is 80.5 Å². The molecule has 2 heterocycles. The fourth-order valence-corrected chi connectivity index (χ4v) is 3.96. The number of methoxy groups -OCH3 is 1. The number of nitrogens with zero attached hydrogens (tertiary/aromatic N) is 3. The van der Waals surface area contributed by atoms with E-state index in [9.17, 15) is 4.79 Å². The summed E-state index contributed by atoms with van der Waals surface area (Å²) < 4.78 is 11.0. The third-order valence-corrected chi connectivity index (χ3v) is 5.76. The number of aromatic nitrogens is 2. The van der Waals surface area contributed by atoms with Crippen LogP contribution in [0.15, 0.2) is 58.8 Å². The molecular weight excluding hydrogens is 428 g/mol. The van der Waals surface area contributed by atoms with Crippen LogP contribution >= 0.6 is 11.6 Å². The van der Waals surface area contributed by atoms with Gasteiger partial charge in [0.1, 0.15) is 5.75 Å². The molecule has 3 aromatic rings. The number of benzene rings is 2. The molecule has 0 saturated heterocycles. The predicted octanol–water partition coefficient (Wildman–Crippen LogP) is 5.70. The lowest BCUT2D eigenvalue weighted by atomic mass is 9.94. The van der Waals surface area contributed by atoms with Gasteiger partial charge in [-0.1, -0.05) is 54.4 Å². The molecule has 2 aromatic carbocycles. The molecule has 166 valence electrons. The Labute approximate surface area is 192 Å². The number of hydrogen-bond acceptors (Lipinski definition) is 5. The molecule has 4 rings (SSSR count). The van der Waals surface area contributed by atoms with Gasteiger partial charge in [-0.2, -0.15) is 4.98 Å². The summed E-state index contributed by atoms with van der Waals surface area (Å²) in [5.41, 5.74) is 3.22. The van der Waals surface area contributed by atoms with Crippen LogP contribution in [0, 0.1) is 0 Å². The lowest BCUT2D eigenvalue weighted by Crippen LogP contribution is -2.46. The Hall–Kier alpha value is -3.32. The van der Waals surface area contributed by atoms with Crippen molar-refractivity contribution in [3.05, 3.63) is 70.7 Å². The summed E-state index contributed by atoms with van der Waals surface area (Å²) in [6.45, 7) is 4.63. The first-order valence-corrected chi connectivity index (χ1v) is 10.9. The molecule has 0 saturated carbocycles. The average molecular weight is 453 g/mol. The summed E-state index contributed by atoms with van der Waals surface area (Å²) in [5, 5.41) is 7.87. The van der Waals surface area contributed by atoms with Gasteiger partial charge in [-0.3, -0.25) is 4.90 Å². The van der Waals surface area contributed by atoms with Crippen molar-refractivity contribution in [3.8, 4) is 17.1 Å². The minimum atomic E-state index is -0.432. The molecule has 0 fully saturated rings. The van der Waals surface area contributed by atoms with Crippen LogP contribution in [-0.4, -0.2) is 34.7 Å². The number of nitrogens with one attached hydrogen (secondary N) is 1. The van der Waals surface area contributed by atoms with Gasteiger partial charge >= 0.3 is 6.03 Å². The Morgan fingerprint density at radius 2 is 2.00 bits per heavy atom. The van der Waals surface area contributed by atoms with E-state index in [2.05, 4.69) is 22.4 Å². The van der Waals surface area contributed by atoms with Crippen LogP contribution in [0.25, 0.3) is 17.0 Å². The van der Waals surface area contributed by atoms with E-state index in [0.717, 1.165) is 41.0 Å².